The number of carbonyl (C=O) groups excluding carboxylic acids is 1. The molecule has 0 radical (unpaired) electrons. The fourth-order valence-corrected chi connectivity index (χ4v) is 2.14. The maximum absolute atomic E-state index is 11.9. The molecule has 2 atom stereocenters. The van der Waals surface area contributed by atoms with Crippen LogP contribution in [0.25, 0.3) is 0 Å². The highest BCUT2D eigenvalue weighted by atomic mass is 16.5. The lowest BCUT2D eigenvalue weighted by Crippen LogP contribution is -2.34. The highest BCUT2D eigenvalue weighted by Crippen LogP contribution is 2.22. The fraction of sp³-hybridized carbons (Fsp3) is 0.615. The fourth-order valence-electron chi connectivity index (χ4n) is 2.14. The van der Waals surface area contributed by atoms with Gasteiger partial charge in [0.1, 0.15) is 17.7 Å². The highest BCUT2D eigenvalue weighted by Gasteiger charge is 2.29. The van der Waals surface area contributed by atoms with Gasteiger partial charge in [-0.25, -0.2) is 9.97 Å². The number of ether oxygens (including phenoxy) is 1. The smallest absolute Gasteiger partial charge is 0.249 e. The molecule has 0 aromatic carbocycles. The predicted octanol–water partition coefficient (Wildman–Crippen LogP) is 0.941. The number of rotatable bonds is 4. The molecule has 1 aliphatic heterocycles. The second kappa shape index (κ2) is 5.97. The van der Waals surface area contributed by atoms with E-state index in [9.17, 15) is 4.79 Å². The molecule has 19 heavy (non-hydrogen) atoms. The Morgan fingerprint density at radius 3 is 3.00 bits per heavy atom. The lowest BCUT2D eigenvalue weighted by Gasteiger charge is -2.13. The second-order valence-electron chi connectivity index (χ2n) is 4.78. The van der Waals surface area contributed by atoms with Gasteiger partial charge in [0.05, 0.1) is 6.10 Å². The molecule has 6 nitrogen and oxygen atoms in total. The first-order valence-electron chi connectivity index (χ1n) is 6.61. The van der Waals surface area contributed by atoms with Gasteiger partial charge in [-0.3, -0.25) is 4.79 Å². The number of nitrogens with two attached hydrogens (primary N) is 1. The first kappa shape index (κ1) is 13.7. The van der Waals surface area contributed by atoms with E-state index >= 15 is 0 Å². The number of anilines is 1. The number of nitrogens with one attached hydrogen (secondary N) is 1. The van der Waals surface area contributed by atoms with Crippen molar-refractivity contribution in [3.63, 3.8) is 0 Å². The Bertz CT molecular complexity index is 464. The Kier molecular flexibility index (Phi) is 4.31. The van der Waals surface area contributed by atoms with Gasteiger partial charge in [-0.2, -0.15) is 0 Å². The Morgan fingerprint density at radius 2 is 2.37 bits per heavy atom. The number of nitrogens with zero attached hydrogens (tertiary/aromatic N) is 2. The minimum atomic E-state index is -0.336. The van der Waals surface area contributed by atoms with Crippen molar-refractivity contribution >= 4 is 11.7 Å². The van der Waals surface area contributed by atoms with E-state index in [2.05, 4.69) is 22.2 Å². The van der Waals surface area contributed by atoms with Crippen LogP contribution in [0.15, 0.2) is 6.20 Å². The van der Waals surface area contributed by atoms with Gasteiger partial charge >= 0.3 is 0 Å². The first-order valence-corrected chi connectivity index (χ1v) is 6.61. The van der Waals surface area contributed by atoms with Crippen LogP contribution in [-0.4, -0.2) is 28.1 Å². The van der Waals surface area contributed by atoms with E-state index in [1.807, 2.05) is 0 Å². The zero-order valence-electron chi connectivity index (χ0n) is 11.3. The summed E-state index contributed by atoms with van der Waals surface area (Å²) in [7, 11) is 0. The van der Waals surface area contributed by atoms with Crippen LogP contribution in [0.5, 0.6) is 0 Å². The van der Waals surface area contributed by atoms with Crippen LogP contribution < -0.4 is 11.1 Å². The van der Waals surface area contributed by atoms with Gasteiger partial charge in [0.2, 0.25) is 5.91 Å². The van der Waals surface area contributed by atoms with E-state index in [-0.39, 0.29) is 18.1 Å². The van der Waals surface area contributed by atoms with Crippen LogP contribution >= 0.6 is 0 Å². The molecule has 1 aromatic rings. The largest absolute Gasteiger partial charge is 0.383 e. The van der Waals surface area contributed by atoms with Crippen molar-refractivity contribution in [3.8, 4) is 0 Å². The molecule has 0 saturated carbocycles. The molecular weight excluding hydrogens is 244 g/mol. The van der Waals surface area contributed by atoms with E-state index in [0.717, 1.165) is 24.8 Å². The summed E-state index contributed by atoms with van der Waals surface area (Å²) < 4.78 is 5.64. The summed E-state index contributed by atoms with van der Waals surface area (Å²) in [5, 5.41) is 2.82. The number of hydrogen-bond acceptors (Lipinski definition) is 5. The van der Waals surface area contributed by atoms with E-state index in [0.29, 0.717) is 18.2 Å². The molecule has 104 valence electrons. The van der Waals surface area contributed by atoms with E-state index in [4.69, 9.17) is 10.5 Å². The molecule has 1 aliphatic rings. The lowest BCUT2D eigenvalue weighted by molar-refractivity contribution is -0.132. The summed E-state index contributed by atoms with van der Waals surface area (Å²) in [6, 6.07) is 0. The third kappa shape index (κ3) is 3.41. The monoisotopic (exact) mass is 264 g/mol. The Labute approximate surface area is 112 Å². The maximum Gasteiger partial charge on any atom is 0.249 e. The predicted molar refractivity (Wildman–Crippen MR) is 71.2 cm³/mol. The summed E-state index contributed by atoms with van der Waals surface area (Å²) >= 11 is 0. The number of carbonyl (C=O) groups is 1. The van der Waals surface area contributed by atoms with Crippen LogP contribution in [0, 0.1) is 6.92 Å². The third-order valence-electron chi connectivity index (χ3n) is 3.33. The average molecular weight is 264 g/mol. The standard InChI is InChI=1S/C13H20N4O2/c1-3-10-4-5-11(19-10)13(18)16-7-9-6-15-8(2)17-12(9)14/h6,10-11H,3-5,7H2,1-2H3,(H,16,18)(H2,14,15,17)/t10-,11-/m0/s1. The maximum atomic E-state index is 11.9. The molecule has 1 saturated heterocycles. The van der Waals surface area contributed by atoms with Crippen LogP contribution in [0.3, 0.4) is 0 Å². The van der Waals surface area contributed by atoms with Crippen molar-refractivity contribution in [1.82, 2.24) is 15.3 Å². The minimum absolute atomic E-state index is 0.0871. The summed E-state index contributed by atoms with van der Waals surface area (Å²) in [4.78, 5) is 20.1. The number of amides is 1. The lowest BCUT2D eigenvalue weighted by atomic mass is 10.1. The molecule has 0 bridgehead atoms. The van der Waals surface area contributed by atoms with Crippen LogP contribution in [0.1, 0.15) is 37.6 Å². The van der Waals surface area contributed by atoms with Crippen molar-refractivity contribution < 1.29 is 9.53 Å². The van der Waals surface area contributed by atoms with Crippen molar-refractivity contribution in [1.29, 1.82) is 0 Å². The van der Waals surface area contributed by atoms with Crippen molar-refractivity contribution in [2.24, 2.45) is 0 Å². The van der Waals surface area contributed by atoms with Gasteiger partial charge in [0.15, 0.2) is 0 Å². The molecule has 0 spiro atoms. The van der Waals surface area contributed by atoms with Crippen LogP contribution in [0.4, 0.5) is 5.82 Å². The molecular formula is C13H20N4O2. The molecule has 1 fully saturated rings. The van der Waals surface area contributed by atoms with E-state index in [1.165, 1.54) is 0 Å². The first-order chi connectivity index (χ1) is 9.10. The minimum Gasteiger partial charge on any atom is -0.383 e. The van der Waals surface area contributed by atoms with Crippen molar-refractivity contribution in [2.75, 3.05) is 5.73 Å². The number of aryl methyl sites for hydroxylation is 1. The summed E-state index contributed by atoms with van der Waals surface area (Å²) in [6.45, 7) is 4.17. The normalized spacial score (nSPS) is 22.4. The van der Waals surface area contributed by atoms with Gasteiger partial charge in [-0.1, -0.05) is 6.92 Å². The van der Waals surface area contributed by atoms with Gasteiger partial charge in [0.25, 0.3) is 0 Å². The Hall–Kier alpha value is -1.69. The van der Waals surface area contributed by atoms with E-state index < -0.39 is 0 Å². The highest BCUT2D eigenvalue weighted by molar-refractivity contribution is 5.81. The van der Waals surface area contributed by atoms with Gasteiger partial charge < -0.3 is 15.8 Å². The number of hydrogen-bond donors (Lipinski definition) is 2. The SMILES string of the molecule is CC[C@H]1CC[C@@H](C(=O)NCc2cnc(C)nc2N)O1. The topological polar surface area (TPSA) is 90.1 Å². The van der Waals surface area contributed by atoms with Gasteiger partial charge in [-0.15, -0.1) is 0 Å². The quantitative estimate of drug-likeness (QED) is 0.844. The summed E-state index contributed by atoms with van der Waals surface area (Å²) in [5.74, 6) is 0.944. The van der Waals surface area contributed by atoms with Gasteiger partial charge in [-0.05, 0) is 26.2 Å². The van der Waals surface area contributed by atoms with E-state index in [1.54, 1.807) is 13.1 Å². The number of aromatic nitrogens is 2. The zero-order chi connectivity index (χ0) is 13.8. The van der Waals surface area contributed by atoms with Crippen LogP contribution in [0.2, 0.25) is 0 Å². The van der Waals surface area contributed by atoms with Crippen molar-refractivity contribution in [2.45, 2.75) is 51.9 Å². The summed E-state index contributed by atoms with van der Waals surface area (Å²) in [5.41, 5.74) is 6.50. The second-order valence-corrected chi connectivity index (χ2v) is 4.78. The third-order valence-corrected chi connectivity index (χ3v) is 3.33. The zero-order valence-corrected chi connectivity index (χ0v) is 11.3. The molecule has 1 aromatic heterocycles. The number of nitrogen functional groups attached to an aromatic ring is 1. The van der Waals surface area contributed by atoms with Crippen molar-refractivity contribution in [3.05, 3.63) is 17.6 Å². The molecule has 0 unspecified atom stereocenters. The molecule has 2 rings (SSSR count). The summed E-state index contributed by atoms with van der Waals surface area (Å²) in [6.07, 6.45) is 4.19. The Balaban J connectivity index is 1.87. The molecule has 2 heterocycles. The van der Waals surface area contributed by atoms with Crippen LogP contribution in [-0.2, 0) is 16.1 Å². The average Bonchev–Trinajstić information content (AvgIpc) is 2.86. The van der Waals surface area contributed by atoms with Gasteiger partial charge in [0, 0.05) is 18.3 Å². The molecule has 1 amide bonds. The molecule has 3 N–H and O–H groups in total. The molecule has 0 aliphatic carbocycles. The Morgan fingerprint density at radius 1 is 1.58 bits per heavy atom. The molecule has 6 heteroatoms.